The molecule has 0 aliphatic heterocycles. The molecule has 1 heterocycles. The molecule has 126 valence electrons. The van der Waals surface area contributed by atoms with Gasteiger partial charge in [-0.2, -0.15) is 10.1 Å². The molecule has 0 radical (unpaired) electrons. The van der Waals surface area contributed by atoms with E-state index in [2.05, 4.69) is 31.9 Å². The molecular formula is C19H19N5O. The predicted molar refractivity (Wildman–Crippen MR) is 98.8 cm³/mol. The lowest BCUT2D eigenvalue weighted by Crippen LogP contribution is -2.03. The Hall–Kier alpha value is -3.28. The molecular weight excluding hydrogens is 314 g/mol. The van der Waals surface area contributed by atoms with Gasteiger partial charge in [0, 0.05) is 16.9 Å². The van der Waals surface area contributed by atoms with Crippen LogP contribution in [0.15, 0.2) is 48.7 Å². The summed E-state index contributed by atoms with van der Waals surface area (Å²) in [5, 5.41) is 14.3. The highest BCUT2D eigenvalue weighted by atomic mass is 16.1. The third-order valence-electron chi connectivity index (χ3n) is 3.60. The van der Waals surface area contributed by atoms with Gasteiger partial charge in [-0.25, -0.2) is 0 Å². The molecule has 0 atom stereocenters. The Bertz CT molecular complexity index is 886. The molecule has 0 unspecified atom stereocenters. The fourth-order valence-corrected chi connectivity index (χ4v) is 2.53. The van der Waals surface area contributed by atoms with Crippen LogP contribution < -0.4 is 10.6 Å². The topological polar surface area (TPSA) is 79.8 Å². The highest BCUT2D eigenvalue weighted by molar-refractivity contribution is 5.94. The van der Waals surface area contributed by atoms with Crippen LogP contribution in [-0.2, 0) is 0 Å². The number of benzene rings is 2. The van der Waals surface area contributed by atoms with Crippen LogP contribution in [0.2, 0.25) is 0 Å². The van der Waals surface area contributed by atoms with E-state index in [-0.39, 0.29) is 5.78 Å². The molecule has 0 saturated carbocycles. The van der Waals surface area contributed by atoms with Gasteiger partial charge in [0.2, 0.25) is 5.95 Å². The van der Waals surface area contributed by atoms with Crippen LogP contribution in [0.3, 0.4) is 0 Å². The van der Waals surface area contributed by atoms with Crippen LogP contribution in [0.1, 0.15) is 28.4 Å². The quantitative estimate of drug-likeness (QED) is 0.682. The van der Waals surface area contributed by atoms with Crippen LogP contribution in [-0.4, -0.2) is 21.0 Å². The summed E-state index contributed by atoms with van der Waals surface area (Å²) in [7, 11) is 0. The van der Waals surface area contributed by atoms with E-state index in [1.54, 1.807) is 18.3 Å². The number of hydrogen-bond acceptors (Lipinski definition) is 6. The molecule has 0 amide bonds. The summed E-state index contributed by atoms with van der Waals surface area (Å²) in [5.41, 5.74) is 4.75. The number of carbonyl (C=O) groups excluding carboxylic acids is 1. The molecule has 3 rings (SSSR count). The van der Waals surface area contributed by atoms with E-state index < -0.39 is 0 Å². The van der Waals surface area contributed by atoms with Gasteiger partial charge in [0.15, 0.2) is 11.6 Å². The first-order valence-electron chi connectivity index (χ1n) is 7.93. The second-order valence-corrected chi connectivity index (χ2v) is 5.93. The molecule has 0 aliphatic rings. The molecule has 0 saturated heterocycles. The zero-order chi connectivity index (χ0) is 17.8. The molecule has 0 bridgehead atoms. The Morgan fingerprint density at radius 3 is 2.24 bits per heavy atom. The minimum Gasteiger partial charge on any atom is -0.339 e. The summed E-state index contributed by atoms with van der Waals surface area (Å²) in [6.07, 6.45) is 1.57. The monoisotopic (exact) mass is 333 g/mol. The van der Waals surface area contributed by atoms with Crippen molar-refractivity contribution in [3.63, 3.8) is 0 Å². The lowest BCUT2D eigenvalue weighted by atomic mass is 10.1. The SMILES string of the molecule is CC(=O)c1ccc(Nc2nncc(Nc3cc(C)cc(C)c3)n2)cc1. The number of carbonyl (C=O) groups is 1. The molecule has 2 N–H and O–H groups in total. The number of aromatic nitrogens is 3. The fourth-order valence-electron chi connectivity index (χ4n) is 2.53. The molecule has 0 spiro atoms. The average Bonchev–Trinajstić information content (AvgIpc) is 2.54. The van der Waals surface area contributed by atoms with E-state index in [4.69, 9.17) is 0 Å². The predicted octanol–water partition coefficient (Wildman–Crippen LogP) is 4.18. The first-order valence-corrected chi connectivity index (χ1v) is 7.93. The molecule has 6 nitrogen and oxygen atoms in total. The largest absolute Gasteiger partial charge is 0.339 e. The standard InChI is InChI=1S/C19H19N5O/c1-12-8-13(2)10-17(9-12)21-18-11-20-24-19(23-18)22-16-6-4-15(5-7-16)14(3)25/h4-11H,1-3H3,(H2,21,22,23,24). The maximum absolute atomic E-state index is 11.3. The summed E-state index contributed by atoms with van der Waals surface area (Å²) in [6, 6.07) is 13.3. The summed E-state index contributed by atoms with van der Waals surface area (Å²) >= 11 is 0. The molecule has 0 fully saturated rings. The Morgan fingerprint density at radius 1 is 0.920 bits per heavy atom. The van der Waals surface area contributed by atoms with Crippen molar-refractivity contribution in [1.82, 2.24) is 15.2 Å². The van der Waals surface area contributed by atoms with Crippen molar-refractivity contribution in [2.75, 3.05) is 10.6 Å². The number of nitrogens with zero attached hydrogens (tertiary/aromatic N) is 3. The Balaban J connectivity index is 1.75. The maximum atomic E-state index is 11.3. The van der Waals surface area contributed by atoms with Gasteiger partial charge in [-0.3, -0.25) is 4.79 Å². The van der Waals surface area contributed by atoms with Crippen molar-refractivity contribution < 1.29 is 4.79 Å². The van der Waals surface area contributed by atoms with Crippen molar-refractivity contribution in [3.8, 4) is 0 Å². The average molecular weight is 333 g/mol. The van der Waals surface area contributed by atoms with E-state index >= 15 is 0 Å². The normalized spacial score (nSPS) is 10.4. The number of ketones is 1. The second-order valence-electron chi connectivity index (χ2n) is 5.93. The number of nitrogens with one attached hydrogen (secondary N) is 2. The summed E-state index contributed by atoms with van der Waals surface area (Å²) < 4.78 is 0. The molecule has 0 aliphatic carbocycles. The van der Waals surface area contributed by atoms with Gasteiger partial charge < -0.3 is 10.6 Å². The lowest BCUT2D eigenvalue weighted by molar-refractivity contribution is 0.101. The van der Waals surface area contributed by atoms with E-state index in [1.807, 2.05) is 38.1 Å². The molecule has 2 aromatic carbocycles. The van der Waals surface area contributed by atoms with Gasteiger partial charge in [-0.15, -0.1) is 5.10 Å². The maximum Gasteiger partial charge on any atom is 0.249 e. The van der Waals surface area contributed by atoms with Crippen LogP contribution in [0.25, 0.3) is 0 Å². The third-order valence-corrected chi connectivity index (χ3v) is 3.60. The second kappa shape index (κ2) is 7.09. The highest BCUT2D eigenvalue weighted by Gasteiger charge is 2.04. The minimum absolute atomic E-state index is 0.0316. The number of aryl methyl sites for hydroxylation is 2. The van der Waals surface area contributed by atoms with E-state index in [0.29, 0.717) is 17.3 Å². The zero-order valence-corrected chi connectivity index (χ0v) is 14.4. The van der Waals surface area contributed by atoms with E-state index in [9.17, 15) is 4.79 Å². The number of Topliss-reactive ketones (excluding diaryl/α,β-unsaturated/α-hetero) is 1. The third kappa shape index (κ3) is 4.38. The van der Waals surface area contributed by atoms with Crippen LogP contribution >= 0.6 is 0 Å². The van der Waals surface area contributed by atoms with Gasteiger partial charge in [0.1, 0.15) is 0 Å². The Labute approximate surface area is 146 Å². The van der Waals surface area contributed by atoms with E-state index in [1.165, 1.54) is 18.1 Å². The van der Waals surface area contributed by atoms with E-state index in [0.717, 1.165) is 11.4 Å². The number of hydrogen-bond donors (Lipinski definition) is 2. The summed E-state index contributed by atoms with van der Waals surface area (Å²) in [4.78, 5) is 15.7. The molecule has 1 aromatic heterocycles. The molecule has 3 aromatic rings. The Kier molecular flexibility index (Phi) is 4.70. The van der Waals surface area contributed by atoms with Crippen molar-refractivity contribution >= 4 is 28.9 Å². The van der Waals surface area contributed by atoms with Crippen molar-refractivity contribution in [2.45, 2.75) is 20.8 Å². The lowest BCUT2D eigenvalue weighted by Gasteiger charge is -2.09. The first-order chi connectivity index (χ1) is 12.0. The summed E-state index contributed by atoms with van der Waals surface area (Å²) in [6.45, 7) is 5.64. The number of rotatable bonds is 5. The van der Waals surface area contributed by atoms with Gasteiger partial charge in [-0.05, 0) is 68.3 Å². The zero-order valence-electron chi connectivity index (χ0n) is 14.4. The van der Waals surface area contributed by atoms with Gasteiger partial charge in [0.25, 0.3) is 0 Å². The molecule has 25 heavy (non-hydrogen) atoms. The van der Waals surface area contributed by atoms with Gasteiger partial charge >= 0.3 is 0 Å². The highest BCUT2D eigenvalue weighted by Crippen LogP contribution is 2.19. The molecule has 6 heteroatoms. The van der Waals surface area contributed by atoms with Crippen LogP contribution in [0.4, 0.5) is 23.1 Å². The first kappa shape index (κ1) is 16.6. The van der Waals surface area contributed by atoms with Crippen molar-refractivity contribution in [1.29, 1.82) is 0 Å². The Morgan fingerprint density at radius 2 is 1.60 bits per heavy atom. The smallest absolute Gasteiger partial charge is 0.249 e. The minimum atomic E-state index is 0.0316. The van der Waals surface area contributed by atoms with Gasteiger partial charge in [0.05, 0.1) is 6.20 Å². The fraction of sp³-hybridized carbons (Fsp3) is 0.158. The van der Waals surface area contributed by atoms with Gasteiger partial charge in [-0.1, -0.05) is 6.07 Å². The van der Waals surface area contributed by atoms with Crippen molar-refractivity contribution in [3.05, 3.63) is 65.4 Å². The van der Waals surface area contributed by atoms with Crippen LogP contribution in [0.5, 0.6) is 0 Å². The van der Waals surface area contributed by atoms with Crippen LogP contribution in [0, 0.1) is 13.8 Å². The number of anilines is 4. The van der Waals surface area contributed by atoms with Crippen molar-refractivity contribution in [2.24, 2.45) is 0 Å². The summed E-state index contributed by atoms with van der Waals surface area (Å²) in [5.74, 6) is 1.01.